The third kappa shape index (κ3) is 4.02. The zero-order valence-corrected chi connectivity index (χ0v) is 15.0. The Balaban J connectivity index is 2.01. The zero-order chi connectivity index (χ0) is 19.4. The number of alkyl halides is 3. The predicted octanol–water partition coefficient (Wildman–Crippen LogP) is 3.69. The highest BCUT2D eigenvalue weighted by Crippen LogP contribution is 2.39. The van der Waals surface area contributed by atoms with Gasteiger partial charge in [0.2, 0.25) is 0 Å². The van der Waals surface area contributed by atoms with Gasteiger partial charge in [-0.3, -0.25) is 4.39 Å². The second kappa shape index (κ2) is 7.90. The maximum Gasteiger partial charge on any atom is 0.387 e. The molecule has 0 aromatic heterocycles. The van der Waals surface area contributed by atoms with E-state index < -0.39 is 12.2 Å². The van der Waals surface area contributed by atoms with Crippen LogP contribution in [0.15, 0.2) is 53.5 Å². The number of ether oxygens (including phenoxy) is 1. The molecule has 2 N–H and O–H groups in total. The SMILES string of the molecule is CN1CC(c2ccc(OC(F)F)cc2)(c2cccc(CCCF)c2)N=C1N. The van der Waals surface area contributed by atoms with Crippen LogP contribution in [-0.2, 0) is 12.0 Å². The molecule has 0 saturated heterocycles. The lowest BCUT2D eigenvalue weighted by atomic mass is 9.82. The van der Waals surface area contributed by atoms with Crippen LogP contribution in [-0.4, -0.2) is 37.7 Å². The van der Waals surface area contributed by atoms with Gasteiger partial charge < -0.3 is 15.4 Å². The lowest BCUT2D eigenvalue weighted by Gasteiger charge is -2.28. The summed E-state index contributed by atoms with van der Waals surface area (Å²) in [7, 11) is 1.85. The minimum absolute atomic E-state index is 0.0869. The Morgan fingerprint density at radius 1 is 1.19 bits per heavy atom. The molecule has 0 bridgehead atoms. The fourth-order valence-electron chi connectivity index (χ4n) is 3.39. The number of hydrogen-bond acceptors (Lipinski definition) is 4. The Morgan fingerprint density at radius 2 is 1.93 bits per heavy atom. The summed E-state index contributed by atoms with van der Waals surface area (Å²) in [6, 6.07) is 14.3. The number of hydrogen-bond donors (Lipinski definition) is 1. The van der Waals surface area contributed by atoms with E-state index in [0.717, 1.165) is 16.7 Å². The topological polar surface area (TPSA) is 50.8 Å². The minimum atomic E-state index is -2.87. The number of nitrogens with two attached hydrogens (primary N) is 1. The number of rotatable bonds is 7. The summed E-state index contributed by atoms with van der Waals surface area (Å²) < 4.78 is 41.8. The van der Waals surface area contributed by atoms with Crippen molar-refractivity contribution in [3.8, 4) is 5.75 Å². The maximum absolute atomic E-state index is 12.5. The number of likely N-dealkylation sites (N-methyl/N-ethyl adjacent to an activating group) is 1. The van der Waals surface area contributed by atoms with Gasteiger partial charge in [-0.05, 0) is 41.7 Å². The highest BCUT2D eigenvalue weighted by molar-refractivity contribution is 5.81. The third-order valence-electron chi connectivity index (χ3n) is 4.72. The second-order valence-electron chi connectivity index (χ2n) is 6.58. The van der Waals surface area contributed by atoms with E-state index in [-0.39, 0.29) is 12.4 Å². The molecular formula is C20H22F3N3O. The van der Waals surface area contributed by atoms with Gasteiger partial charge in [0.05, 0.1) is 13.2 Å². The van der Waals surface area contributed by atoms with Gasteiger partial charge in [-0.1, -0.05) is 36.4 Å². The predicted molar refractivity (Wildman–Crippen MR) is 98.8 cm³/mol. The van der Waals surface area contributed by atoms with Crippen molar-refractivity contribution >= 4 is 5.96 Å². The normalized spacial score (nSPS) is 19.4. The van der Waals surface area contributed by atoms with Gasteiger partial charge in [0.25, 0.3) is 0 Å². The van der Waals surface area contributed by atoms with Crippen molar-refractivity contribution < 1.29 is 17.9 Å². The van der Waals surface area contributed by atoms with E-state index in [2.05, 4.69) is 4.74 Å². The van der Waals surface area contributed by atoms with Gasteiger partial charge in [0, 0.05) is 7.05 Å². The van der Waals surface area contributed by atoms with Crippen LogP contribution in [0, 0.1) is 0 Å². The standard InChI is InChI=1S/C20H22F3N3O/c1-26-13-20(25-19(26)24,15-7-9-17(10-8-15)27-18(22)23)16-6-2-4-14(12-16)5-3-11-21/h2,4,6-10,12,18H,3,5,11,13H2,1H3,(H2,24,25). The number of nitrogens with zero attached hydrogens (tertiary/aromatic N) is 2. The second-order valence-corrected chi connectivity index (χ2v) is 6.58. The van der Waals surface area contributed by atoms with Crippen LogP contribution in [0.25, 0.3) is 0 Å². The van der Waals surface area contributed by atoms with E-state index in [1.807, 2.05) is 36.2 Å². The molecule has 1 aliphatic rings. The smallest absolute Gasteiger partial charge is 0.387 e. The first-order valence-electron chi connectivity index (χ1n) is 8.72. The molecule has 4 nitrogen and oxygen atoms in total. The quantitative estimate of drug-likeness (QED) is 0.801. The van der Waals surface area contributed by atoms with E-state index in [1.165, 1.54) is 12.1 Å². The summed E-state index contributed by atoms with van der Waals surface area (Å²) in [6.07, 6.45) is 1.10. The number of aryl methyl sites for hydroxylation is 1. The van der Waals surface area contributed by atoms with E-state index >= 15 is 0 Å². The van der Waals surface area contributed by atoms with Gasteiger partial charge in [0.15, 0.2) is 5.96 Å². The van der Waals surface area contributed by atoms with Crippen LogP contribution >= 0.6 is 0 Å². The van der Waals surface area contributed by atoms with E-state index in [4.69, 9.17) is 10.7 Å². The molecule has 1 aliphatic heterocycles. The molecule has 7 heteroatoms. The highest BCUT2D eigenvalue weighted by Gasteiger charge is 2.40. The summed E-state index contributed by atoms with van der Waals surface area (Å²) in [5.74, 6) is 0.487. The van der Waals surface area contributed by atoms with Gasteiger partial charge >= 0.3 is 6.61 Å². The molecule has 1 unspecified atom stereocenters. The van der Waals surface area contributed by atoms with Crippen LogP contribution in [0.3, 0.4) is 0 Å². The van der Waals surface area contributed by atoms with Crippen LogP contribution in [0.5, 0.6) is 5.75 Å². The first kappa shape index (κ1) is 19.1. The van der Waals surface area contributed by atoms with Crippen molar-refractivity contribution in [1.82, 2.24) is 4.90 Å². The van der Waals surface area contributed by atoms with E-state index in [0.29, 0.717) is 25.3 Å². The van der Waals surface area contributed by atoms with Crippen molar-refractivity contribution in [2.75, 3.05) is 20.3 Å². The fraction of sp³-hybridized carbons (Fsp3) is 0.350. The summed E-state index contributed by atoms with van der Waals surface area (Å²) >= 11 is 0. The average molecular weight is 377 g/mol. The molecular weight excluding hydrogens is 355 g/mol. The van der Waals surface area contributed by atoms with Crippen LogP contribution < -0.4 is 10.5 Å². The average Bonchev–Trinajstić information content (AvgIpc) is 2.96. The molecule has 0 spiro atoms. The number of aliphatic imine (C=N–C) groups is 1. The summed E-state index contributed by atoms with van der Waals surface area (Å²) in [5, 5.41) is 0. The largest absolute Gasteiger partial charge is 0.435 e. The molecule has 0 aliphatic carbocycles. The highest BCUT2D eigenvalue weighted by atomic mass is 19.3. The van der Waals surface area contributed by atoms with Crippen LogP contribution in [0.1, 0.15) is 23.1 Å². The molecule has 1 atom stereocenters. The summed E-state index contributed by atoms with van der Waals surface area (Å²) in [5.41, 5.74) is 8.05. The Kier molecular flexibility index (Phi) is 5.58. The third-order valence-corrected chi connectivity index (χ3v) is 4.72. The number of halogens is 3. The molecule has 0 fully saturated rings. The number of benzene rings is 2. The lowest BCUT2D eigenvalue weighted by Crippen LogP contribution is -2.34. The zero-order valence-electron chi connectivity index (χ0n) is 15.0. The molecule has 0 amide bonds. The molecule has 2 aromatic carbocycles. The molecule has 0 radical (unpaired) electrons. The first-order valence-corrected chi connectivity index (χ1v) is 8.72. The maximum atomic E-state index is 12.5. The molecule has 3 rings (SSSR count). The van der Waals surface area contributed by atoms with Gasteiger partial charge in [-0.15, -0.1) is 0 Å². The Labute approximate surface area is 156 Å². The summed E-state index contributed by atoms with van der Waals surface area (Å²) in [4.78, 5) is 6.56. The Bertz CT molecular complexity index is 810. The van der Waals surface area contributed by atoms with E-state index in [1.54, 1.807) is 12.1 Å². The number of guanidine groups is 1. The molecule has 27 heavy (non-hydrogen) atoms. The van der Waals surface area contributed by atoms with Crippen molar-refractivity contribution in [1.29, 1.82) is 0 Å². The lowest BCUT2D eigenvalue weighted by molar-refractivity contribution is -0.0498. The molecule has 0 saturated carbocycles. The fourth-order valence-corrected chi connectivity index (χ4v) is 3.39. The monoisotopic (exact) mass is 377 g/mol. The Hall–Kier alpha value is -2.70. The van der Waals surface area contributed by atoms with Crippen molar-refractivity contribution in [2.45, 2.75) is 25.0 Å². The van der Waals surface area contributed by atoms with Crippen LogP contribution in [0.2, 0.25) is 0 Å². The molecule has 144 valence electrons. The van der Waals surface area contributed by atoms with Gasteiger partial charge in [-0.2, -0.15) is 8.78 Å². The van der Waals surface area contributed by atoms with E-state index in [9.17, 15) is 13.2 Å². The van der Waals surface area contributed by atoms with Crippen molar-refractivity contribution in [2.24, 2.45) is 10.7 Å². The van der Waals surface area contributed by atoms with Gasteiger partial charge in [-0.25, -0.2) is 4.99 Å². The first-order chi connectivity index (χ1) is 12.9. The molecule has 2 aromatic rings. The Morgan fingerprint density at radius 3 is 2.52 bits per heavy atom. The minimum Gasteiger partial charge on any atom is -0.435 e. The van der Waals surface area contributed by atoms with Crippen molar-refractivity contribution in [3.63, 3.8) is 0 Å². The van der Waals surface area contributed by atoms with Crippen LogP contribution in [0.4, 0.5) is 13.2 Å². The van der Waals surface area contributed by atoms with Gasteiger partial charge in [0.1, 0.15) is 11.3 Å². The molecule has 1 heterocycles. The summed E-state index contributed by atoms with van der Waals surface area (Å²) in [6.45, 7) is -2.72. The van der Waals surface area contributed by atoms with Crippen molar-refractivity contribution in [3.05, 3.63) is 65.2 Å².